The molecule has 1 atom stereocenters. The molecule has 1 amide bonds. The van der Waals surface area contributed by atoms with E-state index in [4.69, 9.17) is 9.47 Å². The predicted octanol–water partition coefficient (Wildman–Crippen LogP) is 5.39. The molecule has 1 unspecified atom stereocenters. The summed E-state index contributed by atoms with van der Waals surface area (Å²) in [7, 11) is -3.54. The zero-order valence-corrected chi connectivity index (χ0v) is 22.8. The van der Waals surface area contributed by atoms with E-state index in [-0.39, 0.29) is 34.4 Å². The van der Waals surface area contributed by atoms with Gasteiger partial charge >= 0.3 is 5.97 Å². The van der Waals surface area contributed by atoms with Crippen molar-refractivity contribution in [3.8, 4) is 5.75 Å². The summed E-state index contributed by atoms with van der Waals surface area (Å²) in [5.74, 6) is -3.36. The Labute approximate surface area is 229 Å². The monoisotopic (exact) mass is 578 g/mol. The van der Waals surface area contributed by atoms with Gasteiger partial charge in [0, 0.05) is 17.0 Å². The molecule has 39 heavy (non-hydrogen) atoms. The zero-order chi connectivity index (χ0) is 28.0. The van der Waals surface area contributed by atoms with Crippen molar-refractivity contribution in [3.05, 3.63) is 70.7 Å². The molecule has 1 N–H and O–H groups in total. The molecule has 1 aromatic heterocycles. The van der Waals surface area contributed by atoms with Crippen LogP contribution >= 0.6 is 11.3 Å². The maximum atomic E-state index is 14.4. The van der Waals surface area contributed by atoms with Gasteiger partial charge in [0.25, 0.3) is 5.91 Å². The normalized spacial score (nSPS) is 14.9. The van der Waals surface area contributed by atoms with E-state index in [2.05, 4.69) is 10.3 Å². The fourth-order valence-electron chi connectivity index (χ4n) is 4.35. The molecule has 1 aliphatic carbocycles. The van der Waals surface area contributed by atoms with E-state index in [1.54, 1.807) is 12.3 Å². The fraction of sp³-hybridized carbons (Fsp3) is 0.370. The number of aromatic nitrogens is 1. The smallest absolute Gasteiger partial charge is 0.311 e. The lowest BCUT2D eigenvalue weighted by Crippen LogP contribution is -2.26. The van der Waals surface area contributed by atoms with Crippen molar-refractivity contribution in [3.63, 3.8) is 0 Å². The van der Waals surface area contributed by atoms with Crippen LogP contribution in [-0.4, -0.2) is 37.1 Å². The lowest BCUT2D eigenvalue weighted by atomic mass is 10.0. The zero-order valence-electron chi connectivity index (χ0n) is 21.2. The number of esters is 1. The number of hydrogen-bond acceptors (Lipinski definition) is 8. The average Bonchev–Trinajstić information content (AvgIpc) is 3.35. The number of benzene rings is 2. The van der Waals surface area contributed by atoms with E-state index in [1.165, 1.54) is 24.3 Å². The molecule has 208 valence electrons. The van der Waals surface area contributed by atoms with Crippen LogP contribution in [0.4, 0.5) is 13.9 Å². The summed E-state index contributed by atoms with van der Waals surface area (Å²) in [6, 6.07) is 8.39. The molecule has 1 saturated carbocycles. The minimum Gasteiger partial charge on any atom is -0.473 e. The molecule has 0 spiro atoms. The summed E-state index contributed by atoms with van der Waals surface area (Å²) in [4.78, 5) is 29.4. The lowest BCUT2D eigenvalue weighted by molar-refractivity contribution is -0.142. The van der Waals surface area contributed by atoms with Gasteiger partial charge in [-0.25, -0.2) is 22.2 Å². The summed E-state index contributed by atoms with van der Waals surface area (Å²) in [6.07, 6.45) is 2.45. The van der Waals surface area contributed by atoms with Crippen molar-refractivity contribution in [1.29, 1.82) is 0 Å². The first-order valence-electron chi connectivity index (χ1n) is 12.5. The maximum absolute atomic E-state index is 14.4. The van der Waals surface area contributed by atoms with Gasteiger partial charge in [0.15, 0.2) is 26.5 Å². The predicted molar refractivity (Wildman–Crippen MR) is 141 cm³/mol. The highest BCUT2D eigenvalue weighted by molar-refractivity contribution is 7.92. The molecule has 0 saturated heterocycles. The van der Waals surface area contributed by atoms with Crippen LogP contribution in [0.5, 0.6) is 5.75 Å². The number of hydrogen-bond donors (Lipinski definition) is 1. The molecule has 2 aromatic carbocycles. The third kappa shape index (κ3) is 7.18. The highest BCUT2D eigenvalue weighted by Gasteiger charge is 2.30. The standard InChI is InChI=1S/C27H28F2N2O6S2/c1-2-36-24(32)15-19-16-38-27(30-19)31-26(33)25(37-23-13-10-18(28)14-22(23)29)17-8-11-21(12-9-17)39(34,35)20-6-4-3-5-7-20/h8-14,16,20,25H,2-7,15H2,1H3,(H,30,31,33). The van der Waals surface area contributed by atoms with Crippen molar-refractivity contribution < 1.29 is 36.3 Å². The molecule has 1 aliphatic rings. The van der Waals surface area contributed by atoms with Crippen LogP contribution in [0.15, 0.2) is 52.7 Å². The highest BCUT2D eigenvalue weighted by Crippen LogP contribution is 2.31. The summed E-state index contributed by atoms with van der Waals surface area (Å²) >= 11 is 1.07. The van der Waals surface area contributed by atoms with E-state index < -0.39 is 44.7 Å². The van der Waals surface area contributed by atoms with Crippen LogP contribution in [0.2, 0.25) is 0 Å². The number of nitrogens with one attached hydrogen (secondary N) is 1. The van der Waals surface area contributed by atoms with Crippen LogP contribution in [0.3, 0.4) is 0 Å². The third-order valence-electron chi connectivity index (χ3n) is 6.29. The van der Waals surface area contributed by atoms with Gasteiger partial charge in [0.2, 0.25) is 6.10 Å². The Kier molecular flexibility index (Phi) is 9.28. The van der Waals surface area contributed by atoms with E-state index in [0.29, 0.717) is 24.6 Å². The molecule has 0 radical (unpaired) electrons. The van der Waals surface area contributed by atoms with Gasteiger partial charge < -0.3 is 9.47 Å². The van der Waals surface area contributed by atoms with Crippen LogP contribution in [0, 0.1) is 11.6 Å². The maximum Gasteiger partial charge on any atom is 0.311 e. The largest absolute Gasteiger partial charge is 0.473 e. The number of rotatable bonds is 10. The first kappa shape index (κ1) is 28.6. The Hall–Kier alpha value is -3.38. The Morgan fingerprint density at radius 3 is 2.49 bits per heavy atom. The SMILES string of the molecule is CCOC(=O)Cc1csc(NC(=O)C(Oc2ccc(F)cc2F)c2ccc(S(=O)(=O)C3CCCCC3)cc2)n1. The number of carbonyl (C=O) groups excluding carboxylic acids is 2. The number of carbonyl (C=O) groups is 2. The molecule has 0 bridgehead atoms. The van der Waals surface area contributed by atoms with Crippen LogP contribution in [0.25, 0.3) is 0 Å². The molecule has 1 heterocycles. The topological polar surface area (TPSA) is 112 Å². The number of thiazole rings is 1. The number of nitrogens with zero attached hydrogens (tertiary/aromatic N) is 1. The van der Waals surface area contributed by atoms with Crippen LogP contribution < -0.4 is 10.1 Å². The summed E-state index contributed by atoms with van der Waals surface area (Å²) in [5.41, 5.74) is 0.648. The summed E-state index contributed by atoms with van der Waals surface area (Å²) < 4.78 is 64.6. The van der Waals surface area contributed by atoms with Crippen LogP contribution in [-0.2, 0) is 30.6 Å². The van der Waals surface area contributed by atoms with Gasteiger partial charge in [-0.05, 0) is 44.0 Å². The lowest BCUT2D eigenvalue weighted by Gasteiger charge is -2.22. The van der Waals surface area contributed by atoms with Crippen molar-refractivity contribution in [2.75, 3.05) is 11.9 Å². The average molecular weight is 579 g/mol. The Morgan fingerprint density at radius 1 is 1.10 bits per heavy atom. The van der Waals surface area contributed by atoms with Gasteiger partial charge in [-0.3, -0.25) is 14.9 Å². The number of halogens is 2. The number of sulfone groups is 1. The first-order chi connectivity index (χ1) is 18.7. The van der Waals surface area contributed by atoms with Crippen LogP contribution in [0.1, 0.15) is 56.4 Å². The fourth-order valence-corrected chi connectivity index (χ4v) is 6.91. The third-order valence-corrected chi connectivity index (χ3v) is 9.38. The van der Waals surface area contributed by atoms with Gasteiger partial charge in [0.1, 0.15) is 5.82 Å². The Morgan fingerprint density at radius 2 is 1.82 bits per heavy atom. The second kappa shape index (κ2) is 12.6. The second-order valence-corrected chi connectivity index (χ2v) is 12.1. The van der Waals surface area contributed by atoms with E-state index in [1.807, 2.05) is 0 Å². The molecule has 1 fully saturated rings. The minimum atomic E-state index is -3.54. The summed E-state index contributed by atoms with van der Waals surface area (Å²) in [5, 5.41) is 3.90. The quantitative estimate of drug-likeness (QED) is 0.321. The molecule has 3 aromatic rings. The number of anilines is 1. The first-order valence-corrected chi connectivity index (χ1v) is 15.0. The Bertz CT molecular complexity index is 1420. The van der Waals surface area contributed by atoms with Crippen molar-refractivity contribution in [1.82, 2.24) is 4.98 Å². The van der Waals surface area contributed by atoms with Crippen molar-refractivity contribution in [2.45, 2.75) is 61.7 Å². The van der Waals surface area contributed by atoms with E-state index >= 15 is 0 Å². The highest BCUT2D eigenvalue weighted by atomic mass is 32.2. The second-order valence-electron chi connectivity index (χ2n) is 9.06. The molecule has 8 nitrogen and oxygen atoms in total. The van der Waals surface area contributed by atoms with Gasteiger partial charge in [-0.2, -0.15) is 0 Å². The minimum absolute atomic E-state index is 0.0716. The molecule has 0 aliphatic heterocycles. The van der Waals surface area contributed by atoms with E-state index in [9.17, 15) is 26.8 Å². The van der Waals surface area contributed by atoms with Gasteiger partial charge in [0.05, 0.1) is 28.9 Å². The molecular formula is C27H28F2N2O6S2. The number of amides is 1. The van der Waals surface area contributed by atoms with Gasteiger partial charge in [-0.1, -0.05) is 31.4 Å². The molecule has 12 heteroatoms. The summed E-state index contributed by atoms with van der Waals surface area (Å²) in [6.45, 7) is 1.92. The number of ether oxygens (including phenoxy) is 2. The van der Waals surface area contributed by atoms with Crippen molar-refractivity contribution in [2.24, 2.45) is 0 Å². The van der Waals surface area contributed by atoms with Gasteiger partial charge in [-0.15, -0.1) is 11.3 Å². The van der Waals surface area contributed by atoms with E-state index in [0.717, 1.165) is 42.7 Å². The Balaban J connectivity index is 1.58. The molecule has 4 rings (SSSR count). The molecular weight excluding hydrogens is 550 g/mol. The van der Waals surface area contributed by atoms with Crippen molar-refractivity contribution >= 4 is 38.2 Å².